The highest BCUT2D eigenvalue weighted by Crippen LogP contribution is 2.27. The lowest BCUT2D eigenvalue weighted by molar-refractivity contribution is -0.0108. The first kappa shape index (κ1) is 14.9. The maximum absolute atomic E-state index is 14.1. The van der Waals surface area contributed by atoms with Crippen molar-refractivity contribution in [2.45, 2.75) is 13.0 Å². The zero-order valence-corrected chi connectivity index (χ0v) is 12.5. The number of hydrogen-bond donors (Lipinski definition) is 0. The van der Waals surface area contributed by atoms with Crippen LogP contribution in [0.4, 0.5) is 4.39 Å². The van der Waals surface area contributed by atoms with Crippen molar-refractivity contribution < 1.29 is 18.3 Å². The van der Waals surface area contributed by atoms with Crippen LogP contribution in [0.1, 0.15) is 28.2 Å². The first-order chi connectivity index (χ1) is 10.6. The van der Waals surface area contributed by atoms with Crippen molar-refractivity contribution in [3.63, 3.8) is 0 Å². The van der Waals surface area contributed by atoms with Crippen LogP contribution in [0.5, 0.6) is 0 Å². The minimum atomic E-state index is -0.735. The van der Waals surface area contributed by atoms with Gasteiger partial charge in [0.25, 0.3) is 5.91 Å². The van der Waals surface area contributed by atoms with Crippen LogP contribution in [0.3, 0.4) is 0 Å². The number of aromatic nitrogens is 2. The largest absolute Gasteiger partial charge is 0.423 e. The van der Waals surface area contributed by atoms with E-state index in [-0.39, 0.29) is 23.1 Å². The molecule has 0 saturated carbocycles. The number of hydrogen-bond acceptors (Lipinski definition) is 5. The van der Waals surface area contributed by atoms with E-state index in [2.05, 4.69) is 10.2 Å². The van der Waals surface area contributed by atoms with E-state index in [0.29, 0.717) is 19.0 Å². The van der Waals surface area contributed by atoms with E-state index in [1.165, 1.54) is 23.1 Å². The molecule has 1 amide bonds. The second-order valence-corrected chi connectivity index (χ2v) is 5.26. The number of nitrogens with zero attached hydrogens (tertiary/aromatic N) is 3. The number of benzene rings is 1. The van der Waals surface area contributed by atoms with Crippen molar-refractivity contribution in [2.75, 3.05) is 19.8 Å². The molecule has 22 heavy (non-hydrogen) atoms. The minimum Gasteiger partial charge on any atom is -0.423 e. The fourth-order valence-electron chi connectivity index (χ4n) is 2.32. The zero-order chi connectivity index (χ0) is 15.7. The highest BCUT2D eigenvalue weighted by Gasteiger charge is 2.34. The van der Waals surface area contributed by atoms with Crippen molar-refractivity contribution in [2.24, 2.45) is 0 Å². The number of aryl methyl sites for hydroxylation is 1. The summed E-state index contributed by atoms with van der Waals surface area (Å²) in [7, 11) is 0. The molecule has 0 N–H and O–H groups in total. The smallest absolute Gasteiger partial charge is 0.257 e. The summed E-state index contributed by atoms with van der Waals surface area (Å²) in [5.74, 6) is -0.555. The Labute approximate surface area is 130 Å². The first-order valence-electron chi connectivity index (χ1n) is 6.70. The lowest BCUT2D eigenvalue weighted by Crippen LogP contribution is -2.43. The standard InChI is InChI=1S/C14H13ClFN3O3/c1-8-17-18-13(22-8)11-7-21-6-5-19(11)14(20)9-3-2-4-10(15)12(9)16/h2-4,11H,5-7H2,1H3/t11-/m1/s1. The SMILES string of the molecule is Cc1nnc([C@H]2COCCN2C(=O)c2cccc(Cl)c2F)o1. The molecular weight excluding hydrogens is 313 g/mol. The van der Waals surface area contributed by atoms with Crippen molar-refractivity contribution in [1.29, 1.82) is 0 Å². The van der Waals surface area contributed by atoms with E-state index in [4.69, 9.17) is 20.8 Å². The Morgan fingerprint density at radius 3 is 3.00 bits per heavy atom. The molecule has 1 aromatic carbocycles. The summed E-state index contributed by atoms with van der Waals surface area (Å²) < 4.78 is 24.8. The average molecular weight is 326 g/mol. The van der Waals surface area contributed by atoms with Crippen LogP contribution in [0, 0.1) is 12.7 Å². The molecule has 1 aliphatic rings. The number of ether oxygens (including phenoxy) is 1. The highest BCUT2D eigenvalue weighted by atomic mass is 35.5. The van der Waals surface area contributed by atoms with Gasteiger partial charge in [-0.1, -0.05) is 17.7 Å². The second-order valence-electron chi connectivity index (χ2n) is 4.85. The molecule has 2 aromatic rings. The highest BCUT2D eigenvalue weighted by molar-refractivity contribution is 6.31. The van der Waals surface area contributed by atoms with Crippen molar-refractivity contribution in [3.05, 3.63) is 46.4 Å². The van der Waals surface area contributed by atoms with Crippen LogP contribution >= 0.6 is 11.6 Å². The molecule has 1 aromatic heterocycles. The number of halogens is 2. The maximum Gasteiger partial charge on any atom is 0.257 e. The molecule has 1 saturated heterocycles. The van der Waals surface area contributed by atoms with Gasteiger partial charge in [0.2, 0.25) is 11.8 Å². The van der Waals surface area contributed by atoms with E-state index in [1.807, 2.05) is 0 Å². The molecule has 8 heteroatoms. The number of carbonyl (C=O) groups excluding carboxylic acids is 1. The van der Waals surface area contributed by atoms with Crippen molar-refractivity contribution >= 4 is 17.5 Å². The van der Waals surface area contributed by atoms with Gasteiger partial charge in [-0.05, 0) is 12.1 Å². The summed E-state index contributed by atoms with van der Waals surface area (Å²) in [4.78, 5) is 14.1. The van der Waals surface area contributed by atoms with Gasteiger partial charge in [0.05, 0.1) is 23.8 Å². The average Bonchev–Trinajstić information content (AvgIpc) is 2.96. The molecule has 1 aliphatic heterocycles. The molecule has 6 nitrogen and oxygen atoms in total. The summed E-state index contributed by atoms with van der Waals surface area (Å²) in [6.07, 6.45) is 0. The fourth-order valence-corrected chi connectivity index (χ4v) is 2.50. The van der Waals surface area contributed by atoms with Gasteiger partial charge in [0.15, 0.2) is 5.82 Å². The summed E-state index contributed by atoms with van der Waals surface area (Å²) in [6.45, 7) is 2.53. The Balaban J connectivity index is 1.93. The number of amides is 1. The Morgan fingerprint density at radius 1 is 1.45 bits per heavy atom. The fraction of sp³-hybridized carbons (Fsp3) is 0.357. The molecule has 0 unspecified atom stereocenters. The molecule has 2 heterocycles. The predicted molar refractivity (Wildman–Crippen MR) is 75.0 cm³/mol. The molecule has 0 radical (unpaired) electrons. The molecule has 3 rings (SSSR count). The zero-order valence-electron chi connectivity index (χ0n) is 11.8. The van der Waals surface area contributed by atoms with E-state index in [0.717, 1.165) is 0 Å². The van der Waals surface area contributed by atoms with E-state index < -0.39 is 17.8 Å². The predicted octanol–water partition coefficient (Wildman–Crippen LogP) is 2.38. The molecule has 0 spiro atoms. The van der Waals surface area contributed by atoms with E-state index in [9.17, 15) is 9.18 Å². The summed E-state index contributed by atoms with van der Waals surface area (Å²) in [5.41, 5.74) is -0.0874. The minimum absolute atomic E-state index is 0.0874. The van der Waals surface area contributed by atoms with Crippen LogP contribution in [0.15, 0.2) is 22.6 Å². The lowest BCUT2D eigenvalue weighted by Gasteiger charge is -2.33. The Morgan fingerprint density at radius 2 is 2.27 bits per heavy atom. The maximum atomic E-state index is 14.1. The normalized spacial score (nSPS) is 18.5. The quantitative estimate of drug-likeness (QED) is 0.848. The number of morpholine rings is 1. The summed E-state index contributed by atoms with van der Waals surface area (Å²) >= 11 is 5.74. The van der Waals surface area contributed by atoms with Gasteiger partial charge < -0.3 is 14.1 Å². The van der Waals surface area contributed by atoms with Gasteiger partial charge in [-0.15, -0.1) is 10.2 Å². The molecule has 116 valence electrons. The van der Waals surface area contributed by atoms with Gasteiger partial charge in [0, 0.05) is 13.5 Å². The van der Waals surface area contributed by atoms with Crippen LogP contribution in [0.25, 0.3) is 0 Å². The van der Waals surface area contributed by atoms with Crippen molar-refractivity contribution in [1.82, 2.24) is 15.1 Å². The molecule has 1 fully saturated rings. The first-order valence-corrected chi connectivity index (χ1v) is 7.08. The molecular formula is C14H13ClFN3O3. The van der Waals surface area contributed by atoms with Gasteiger partial charge in [-0.2, -0.15) is 0 Å². The molecule has 1 atom stereocenters. The van der Waals surface area contributed by atoms with E-state index >= 15 is 0 Å². The molecule has 0 bridgehead atoms. The monoisotopic (exact) mass is 325 g/mol. The van der Waals surface area contributed by atoms with Gasteiger partial charge in [0.1, 0.15) is 6.04 Å². The third kappa shape index (κ3) is 2.69. The van der Waals surface area contributed by atoms with Gasteiger partial charge in [-0.25, -0.2) is 4.39 Å². The Hall–Kier alpha value is -1.99. The van der Waals surface area contributed by atoms with Crippen LogP contribution in [-0.2, 0) is 4.74 Å². The Kier molecular flexibility index (Phi) is 4.08. The van der Waals surface area contributed by atoms with E-state index in [1.54, 1.807) is 6.92 Å². The van der Waals surface area contributed by atoms with Crippen molar-refractivity contribution in [3.8, 4) is 0 Å². The van der Waals surface area contributed by atoms with Gasteiger partial charge >= 0.3 is 0 Å². The van der Waals surface area contributed by atoms with Gasteiger partial charge in [-0.3, -0.25) is 4.79 Å². The molecule has 0 aliphatic carbocycles. The third-order valence-electron chi connectivity index (χ3n) is 3.40. The van der Waals surface area contributed by atoms with Crippen LogP contribution in [-0.4, -0.2) is 40.8 Å². The third-order valence-corrected chi connectivity index (χ3v) is 3.69. The van der Waals surface area contributed by atoms with Crippen LogP contribution < -0.4 is 0 Å². The van der Waals surface area contributed by atoms with Crippen LogP contribution in [0.2, 0.25) is 5.02 Å². The lowest BCUT2D eigenvalue weighted by atomic mass is 10.1. The summed E-state index contributed by atoms with van der Waals surface area (Å²) in [6, 6.07) is 3.78. The second kappa shape index (κ2) is 6.02. The number of carbonyl (C=O) groups is 1. The number of rotatable bonds is 2. The Bertz CT molecular complexity index is 706. The topological polar surface area (TPSA) is 68.5 Å². The summed E-state index contributed by atoms with van der Waals surface area (Å²) in [5, 5.41) is 7.59.